The van der Waals surface area contributed by atoms with E-state index in [1.54, 1.807) is 0 Å². The molecule has 19 heavy (non-hydrogen) atoms. The molecule has 1 aromatic carbocycles. The third-order valence-electron chi connectivity index (χ3n) is 2.81. The maximum absolute atomic E-state index is 5.83. The van der Waals surface area contributed by atoms with Crippen LogP contribution in [-0.4, -0.2) is 32.2 Å². The molecule has 0 amide bonds. The van der Waals surface area contributed by atoms with Crippen LogP contribution in [0.1, 0.15) is 11.1 Å². The van der Waals surface area contributed by atoms with Crippen LogP contribution in [0.5, 0.6) is 0 Å². The smallest absolute Gasteiger partial charge is 0.223 e. The second-order valence-electron chi connectivity index (χ2n) is 4.18. The van der Waals surface area contributed by atoms with Crippen molar-refractivity contribution in [2.45, 2.75) is 5.25 Å². The molecule has 4 nitrogen and oxygen atoms in total. The first kappa shape index (κ1) is 12.7. The summed E-state index contributed by atoms with van der Waals surface area (Å²) in [6.07, 6.45) is 0. The van der Waals surface area contributed by atoms with Crippen LogP contribution in [0, 0.1) is 0 Å². The van der Waals surface area contributed by atoms with Crippen molar-refractivity contribution in [3.63, 3.8) is 0 Å². The van der Waals surface area contributed by atoms with E-state index in [1.807, 2.05) is 53.9 Å². The molecule has 2 heterocycles. The Morgan fingerprint density at radius 2 is 1.89 bits per heavy atom. The number of rotatable bonds is 2. The quantitative estimate of drug-likeness (QED) is 0.917. The maximum Gasteiger partial charge on any atom is 0.223 e. The molecular formula is C13H14N4S2. The third kappa shape index (κ3) is 3.01. The van der Waals surface area contributed by atoms with Crippen molar-refractivity contribution in [2.24, 2.45) is 0 Å². The van der Waals surface area contributed by atoms with Gasteiger partial charge in [0, 0.05) is 22.8 Å². The van der Waals surface area contributed by atoms with Crippen molar-refractivity contribution in [3.05, 3.63) is 36.2 Å². The van der Waals surface area contributed by atoms with E-state index in [4.69, 9.17) is 5.73 Å². The first-order chi connectivity index (χ1) is 9.33. The zero-order valence-corrected chi connectivity index (χ0v) is 12.0. The van der Waals surface area contributed by atoms with Gasteiger partial charge in [0.2, 0.25) is 5.95 Å². The fraction of sp³-hybridized carbons (Fsp3) is 0.308. The van der Waals surface area contributed by atoms with Gasteiger partial charge in [-0.3, -0.25) is 0 Å². The summed E-state index contributed by atoms with van der Waals surface area (Å²) in [6, 6.07) is 9.89. The Morgan fingerprint density at radius 1 is 1.05 bits per heavy atom. The summed E-state index contributed by atoms with van der Waals surface area (Å²) < 4.78 is 0. The van der Waals surface area contributed by atoms with Crippen LogP contribution in [0.2, 0.25) is 0 Å². The van der Waals surface area contributed by atoms with Crippen molar-refractivity contribution in [1.82, 2.24) is 15.0 Å². The molecule has 2 aromatic rings. The molecule has 1 aliphatic rings. The Labute approximate surface area is 120 Å². The average Bonchev–Trinajstić information content (AvgIpc) is 2.48. The van der Waals surface area contributed by atoms with Gasteiger partial charge < -0.3 is 5.73 Å². The minimum Gasteiger partial charge on any atom is -0.368 e. The Bertz CT molecular complexity index is 556. The highest BCUT2D eigenvalue weighted by Gasteiger charge is 2.20. The van der Waals surface area contributed by atoms with Gasteiger partial charge in [-0.05, 0) is 0 Å². The fourth-order valence-corrected chi connectivity index (χ4v) is 4.51. The lowest BCUT2D eigenvalue weighted by Crippen LogP contribution is -2.13. The molecule has 0 bridgehead atoms. The van der Waals surface area contributed by atoms with Crippen molar-refractivity contribution >= 4 is 29.5 Å². The summed E-state index contributed by atoms with van der Waals surface area (Å²) in [7, 11) is 0. The summed E-state index contributed by atoms with van der Waals surface area (Å²) in [6.45, 7) is 0. The van der Waals surface area contributed by atoms with Gasteiger partial charge in [-0.1, -0.05) is 30.3 Å². The molecule has 1 aromatic heterocycles. The van der Waals surface area contributed by atoms with E-state index in [-0.39, 0.29) is 0 Å². The van der Waals surface area contributed by atoms with Gasteiger partial charge in [-0.2, -0.15) is 21.7 Å². The molecule has 0 aliphatic carbocycles. The van der Waals surface area contributed by atoms with Gasteiger partial charge in [-0.25, -0.2) is 4.98 Å². The minimum absolute atomic E-state index is 0.306. The topological polar surface area (TPSA) is 64.7 Å². The molecule has 1 unspecified atom stereocenters. The summed E-state index contributed by atoms with van der Waals surface area (Å²) >= 11 is 3.84. The maximum atomic E-state index is 5.83. The van der Waals surface area contributed by atoms with Crippen LogP contribution in [0.25, 0.3) is 11.4 Å². The lowest BCUT2D eigenvalue weighted by molar-refractivity contribution is 0.900. The second kappa shape index (κ2) is 5.79. The Hall–Kier alpha value is -1.27. The van der Waals surface area contributed by atoms with Gasteiger partial charge in [-0.15, -0.1) is 11.8 Å². The average molecular weight is 290 g/mol. The highest BCUT2D eigenvalue weighted by molar-refractivity contribution is 8.06. The van der Waals surface area contributed by atoms with Gasteiger partial charge in [0.1, 0.15) is 5.82 Å². The Morgan fingerprint density at radius 3 is 2.63 bits per heavy atom. The van der Waals surface area contributed by atoms with Crippen LogP contribution < -0.4 is 5.73 Å². The van der Waals surface area contributed by atoms with Crippen LogP contribution >= 0.6 is 23.5 Å². The van der Waals surface area contributed by atoms with E-state index in [1.165, 1.54) is 5.75 Å². The molecule has 0 saturated carbocycles. The lowest BCUT2D eigenvalue weighted by Gasteiger charge is -2.19. The van der Waals surface area contributed by atoms with Gasteiger partial charge >= 0.3 is 0 Å². The van der Waals surface area contributed by atoms with E-state index in [0.717, 1.165) is 22.9 Å². The monoisotopic (exact) mass is 290 g/mol. The molecule has 6 heteroatoms. The predicted molar refractivity (Wildman–Crippen MR) is 82.2 cm³/mol. The predicted octanol–water partition coefficient (Wildman–Crippen LogP) is 2.64. The molecule has 1 aliphatic heterocycles. The first-order valence-corrected chi connectivity index (χ1v) is 8.29. The third-order valence-corrected chi connectivity index (χ3v) is 5.56. The minimum atomic E-state index is 0.306. The number of nitrogens with two attached hydrogens (primary N) is 1. The van der Waals surface area contributed by atoms with Gasteiger partial charge in [0.15, 0.2) is 5.82 Å². The van der Waals surface area contributed by atoms with Crippen LogP contribution in [0.15, 0.2) is 30.3 Å². The van der Waals surface area contributed by atoms with Crippen molar-refractivity contribution in [1.29, 1.82) is 0 Å². The highest BCUT2D eigenvalue weighted by atomic mass is 32.2. The standard InChI is InChI=1S/C13H14N4S2/c14-13-16-11(9-4-2-1-3-5-9)15-12(17-13)10-8-18-6-7-19-10/h1-5,10H,6-8H2,(H2,14,15,16,17). The number of nitrogen functional groups attached to an aromatic ring is 1. The van der Waals surface area contributed by atoms with E-state index < -0.39 is 0 Å². The lowest BCUT2D eigenvalue weighted by atomic mass is 10.2. The number of thioether (sulfide) groups is 2. The molecule has 98 valence electrons. The molecule has 0 radical (unpaired) electrons. The largest absolute Gasteiger partial charge is 0.368 e. The summed E-state index contributed by atoms with van der Waals surface area (Å²) in [5.74, 6) is 5.17. The summed E-state index contributed by atoms with van der Waals surface area (Å²) in [4.78, 5) is 13.1. The van der Waals surface area contributed by atoms with Gasteiger partial charge in [0.05, 0.1) is 5.25 Å². The molecule has 0 spiro atoms. The van der Waals surface area contributed by atoms with Gasteiger partial charge in [0.25, 0.3) is 0 Å². The molecule has 1 saturated heterocycles. The number of anilines is 1. The van der Waals surface area contributed by atoms with Crippen molar-refractivity contribution in [2.75, 3.05) is 23.0 Å². The van der Waals surface area contributed by atoms with Crippen LogP contribution in [-0.2, 0) is 0 Å². The number of aromatic nitrogens is 3. The SMILES string of the molecule is Nc1nc(-c2ccccc2)nc(C2CSCCS2)n1. The van der Waals surface area contributed by atoms with Crippen molar-refractivity contribution < 1.29 is 0 Å². The fourth-order valence-electron chi connectivity index (χ4n) is 1.91. The zero-order chi connectivity index (χ0) is 13.1. The Balaban J connectivity index is 1.96. The normalized spacial score (nSPS) is 19.3. The summed E-state index contributed by atoms with van der Waals surface area (Å²) in [5, 5.41) is 0.325. The number of hydrogen-bond donors (Lipinski definition) is 1. The zero-order valence-electron chi connectivity index (χ0n) is 10.3. The molecule has 3 rings (SSSR count). The van der Waals surface area contributed by atoms with Crippen LogP contribution in [0.4, 0.5) is 5.95 Å². The molecule has 2 N–H and O–H groups in total. The first-order valence-electron chi connectivity index (χ1n) is 6.09. The number of nitrogens with zero attached hydrogens (tertiary/aromatic N) is 3. The number of hydrogen-bond acceptors (Lipinski definition) is 6. The Kier molecular flexibility index (Phi) is 3.89. The molecule has 1 atom stereocenters. The molecule has 1 fully saturated rings. The number of benzene rings is 1. The molecular weight excluding hydrogens is 276 g/mol. The van der Waals surface area contributed by atoms with E-state index >= 15 is 0 Å². The van der Waals surface area contributed by atoms with E-state index in [2.05, 4.69) is 15.0 Å². The summed E-state index contributed by atoms with van der Waals surface area (Å²) in [5.41, 5.74) is 6.80. The van der Waals surface area contributed by atoms with E-state index in [9.17, 15) is 0 Å². The van der Waals surface area contributed by atoms with E-state index in [0.29, 0.717) is 17.0 Å². The van der Waals surface area contributed by atoms with Crippen molar-refractivity contribution in [3.8, 4) is 11.4 Å². The second-order valence-corrected chi connectivity index (χ2v) is 6.64. The highest BCUT2D eigenvalue weighted by Crippen LogP contribution is 2.35. The van der Waals surface area contributed by atoms with Crippen LogP contribution in [0.3, 0.4) is 0 Å².